The molecule has 0 aliphatic carbocycles. The number of carbonyl (C=O) groups excluding carboxylic acids is 2. The molecule has 33 heavy (non-hydrogen) atoms. The van der Waals surface area contributed by atoms with E-state index in [0.717, 1.165) is 49.4 Å². The van der Waals surface area contributed by atoms with E-state index in [9.17, 15) is 14.7 Å². The number of hydrogen-bond donors (Lipinski definition) is 1. The fraction of sp³-hybridized carbons (Fsp3) is 0.407. The van der Waals surface area contributed by atoms with Crippen LogP contribution in [0.3, 0.4) is 0 Å². The molecule has 2 aliphatic heterocycles. The van der Waals surface area contributed by atoms with Crippen LogP contribution in [0.15, 0.2) is 54.1 Å². The zero-order chi connectivity index (χ0) is 23.5. The summed E-state index contributed by atoms with van der Waals surface area (Å²) in [6.07, 6.45) is 1.59. The van der Waals surface area contributed by atoms with Crippen LogP contribution >= 0.6 is 0 Å². The molecule has 4 rings (SSSR count). The highest BCUT2D eigenvalue weighted by molar-refractivity contribution is 6.46. The number of nitrogens with zero attached hydrogens (tertiary/aromatic N) is 2. The van der Waals surface area contributed by atoms with E-state index in [1.165, 1.54) is 0 Å². The van der Waals surface area contributed by atoms with Gasteiger partial charge < -0.3 is 19.6 Å². The Balaban J connectivity index is 1.71. The Labute approximate surface area is 195 Å². The number of rotatable bonds is 8. The topological polar surface area (TPSA) is 70.1 Å². The van der Waals surface area contributed by atoms with E-state index in [1.807, 2.05) is 49.4 Å². The number of ether oxygens (including phenoxy) is 1. The number of likely N-dealkylation sites (tertiary alicyclic amines) is 1. The number of benzene rings is 2. The molecule has 174 valence electrons. The van der Waals surface area contributed by atoms with Crippen molar-refractivity contribution < 1.29 is 19.4 Å². The Morgan fingerprint density at radius 2 is 1.85 bits per heavy atom. The molecule has 0 spiro atoms. The second-order valence-corrected chi connectivity index (χ2v) is 8.74. The van der Waals surface area contributed by atoms with Crippen LogP contribution in [-0.4, -0.2) is 58.9 Å². The van der Waals surface area contributed by atoms with Crippen LogP contribution < -0.4 is 4.74 Å². The highest BCUT2D eigenvalue weighted by Crippen LogP contribution is 2.40. The normalized spacial score (nSPS) is 21.5. The van der Waals surface area contributed by atoms with Gasteiger partial charge in [0, 0.05) is 18.5 Å². The summed E-state index contributed by atoms with van der Waals surface area (Å²) in [7, 11) is 0. The minimum atomic E-state index is -0.630. The summed E-state index contributed by atoms with van der Waals surface area (Å²) in [5.41, 5.74) is 2.50. The number of fused-ring (bicyclic) bond motifs is 1. The van der Waals surface area contributed by atoms with E-state index in [2.05, 4.69) is 18.7 Å². The third-order valence-corrected chi connectivity index (χ3v) is 6.59. The van der Waals surface area contributed by atoms with Gasteiger partial charge in [-0.3, -0.25) is 9.59 Å². The average molecular weight is 449 g/mol. The molecular weight excluding hydrogens is 416 g/mol. The Hall–Kier alpha value is -3.12. The highest BCUT2D eigenvalue weighted by atomic mass is 16.5. The van der Waals surface area contributed by atoms with Crippen molar-refractivity contribution in [1.29, 1.82) is 0 Å². The second-order valence-electron chi connectivity index (χ2n) is 8.74. The lowest BCUT2D eigenvalue weighted by Crippen LogP contribution is -2.33. The molecular formula is C27H32N2O4. The molecule has 0 aromatic heterocycles. The third kappa shape index (κ3) is 4.53. The molecule has 2 atom stereocenters. The van der Waals surface area contributed by atoms with E-state index in [-0.39, 0.29) is 17.4 Å². The number of aliphatic hydroxyl groups is 1. The van der Waals surface area contributed by atoms with Crippen molar-refractivity contribution in [3.05, 3.63) is 70.8 Å². The third-order valence-electron chi connectivity index (χ3n) is 6.59. The summed E-state index contributed by atoms with van der Waals surface area (Å²) < 4.78 is 5.76. The molecule has 0 bridgehead atoms. The zero-order valence-electron chi connectivity index (χ0n) is 19.6. The lowest BCUT2D eigenvalue weighted by molar-refractivity contribution is -0.140. The zero-order valence-corrected chi connectivity index (χ0v) is 19.6. The van der Waals surface area contributed by atoms with Crippen LogP contribution in [0.1, 0.15) is 49.9 Å². The summed E-state index contributed by atoms with van der Waals surface area (Å²) in [6.45, 7) is 9.41. The smallest absolute Gasteiger partial charge is 0.295 e. The molecule has 1 amide bonds. The maximum absolute atomic E-state index is 13.2. The van der Waals surface area contributed by atoms with E-state index in [0.29, 0.717) is 12.1 Å². The van der Waals surface area contributed by atoms with Gasteiger partial charge in [-0.05, 0) is 62.3 Å². The Bertz CT molecular complexity index is 1060. The molecule has 6 heteroatoms. The van der Waals surface area contributed by atoms with E-state index >= 15 is 0 Å². The van der Waals surface area contributed by atoms with Crippen molar-refractivity contribution in [2.24, 2.45) is 0 Å². The van der Waals surface area contributed by atoms with Gasteiger partial charge in [-0.15, -0.1) is 0 Å². The fourth-order valence-electron chi connectivity index (χ4n) is 4.82. The first kappa shape index (κ1) is 23.1. The van der Waals surface area contributed by atoms with E-state index < -0.39 is 17.7 Å². The predicted octanol–water partition coefficient (Wildman–Crippen LogP) is 4.16. The van der Waals surface area contributed by atoms with Crippen molar-refractivity contribution >= 4 is 17.4 Å². The standard InChI is InChI=1S/C27H32N2O4/c1-4-28(5-2)14-9-15-29-24(19-10-7-6-8-11-19)23(26(31)27(29)32)25(30)20-12-13-22-21(17-20)16-18(3)33-22/h6-8,10-13,17-18,24,30H,4-5,9,14-16H2,1-3H3/b25-23+. The van der Waals surface area contributed by atoms with Crippen molar-refractivity contribution in [2.75, 3.05) is 26.2 Å². The second kappa shape index (κ2) is 9.79. The molecule has 0 saturated carbocycles. The van der Waals surface area contributed by atoms with Crippen LogP contribution in [0.4, 0.5) is 0 Å². The van der Waals surface area contributed by atoms with Gasteiger partial charge in [0.05, 0.1) is 11.6 Å². The number of amides is 1. The number of aliphatic hydroxyl groups excluding tert-OH is 1. The molecule has 1 N–H and O–H groups in total. The van der Waals surface area contributed by atoms with Gasteiger partial charge in [0.1, 0.15) is 17.6 Å². The predicted molar refractivity (Wildman–Crippen MR) is 128 cm³/mol. The minimum absolute atomic E-state index is 0.0816. The molecule has 1 saturated heterocycles. The lowest BCUT2D eigenvalue weighted by atomic mass is 9.94. The summed E-state index contributed by atoms with van der Waals surface area (Å²) >= 11 is 0. The first-order valence-electron chi connectivity index (χ1n) is 11.8. The monoisotopic (exact) mass is 448 g/mol. The highest BCUT2D eigenvalue weighted by Gasteiger charge is 2.45. The van der Waals surface area contributed by atoms with Crippen LogP contribution in [0, 0.1) is 0 Å². The summed E-state index contributed by atoms with van der Waals surface area (Å²) in [5, 5.41) is 11.3. The van der Waals surface area contributed by atoms with Crippen molar-refractivity contribution in [3.8, 4) is 5.75 Å². The molecule has 0 radical (unpaired) electrons. The van der Waals surface area contributed by atoms with Gasteiger partial charge in [-0.1, -0.05) is 44.2 Å². The largest absolute Gasteiger partial charge is 0.507 e. The molecule has 2 unspecified atom stereocenters. The number of carbonyl (C=O) groups is 2. The first-order chi connectivity index (χ1) is 15.9. The first-order valence-corrected chi connectivity index (χ1v) is 11.8. The Morgan fingerprint density at radius 3 is 2.55 bits per heavy atom. The quantitative estimate of drug-likeness (QED) is 0.373. The molecule has 2 aromatic rings. The van der Waals surface area contributed by atoms with Gasteiger partial charge >= 0.3 is 0 Å². The molecule has 1 fully saturated rings. The molecule has 6 nitrogen and oxygen atoms in total. The van der Waals surface area contributed by atoms with Gasteiger partial charge in [0.2, 0.25) is 0 Å². The Morgan fingerprint density at radius 1 is 1.12 bits per heavy atom. The molecule has 2 heterocycles. The summed E-state index contributed by atoms with van der Waals surface area (Å²) in [5.74, 6) is -0.510. The lowest BCUT2D eigenvalue weighted by Gasteiger charge is -2.26. The maximum atomic E-state index is 13.2. The number of ketones is 1. The number of Topliss-reactive ketones (excluding diaryl/α,β-unsaturated/α-hetero) is 1. The number of hydrogen-bond acceptors (Lipinski definition) is 5. The molecule has 2 aromatic carbocycles. The Kier molecular flexibility index (Phi) is 6.84. The van der Waals surface area contributed by atoms with Crippen LogP contribution in [0.5, 0.6) is 5.75 Å². The minimum Gasteiger partial charge on any atom is -0.507 e. The fourth-order valence-corrected chi connectivity index (χ4v) is 4.82. The van der Waals surface area contributed by atoms with Crippen LogP contribution in [0.2, 0.25) is 0 Å². The van der Waals surface area contributed by atoms with Crippen LogP contribution in [0.25, 0.3) is 5.76 Å². The van der Waals surface area contributed by atoms with E-state index in [1.54, 1.807) is 11.0 Å². The summed E-state index contributed by atoms with van der Waals surface area (Å²) in [4.78, 5) is 30.2. The maximum Gasteiger partial charge on any atom is 0.295 e. The SMILES string of the molecule is CCN(CC)CCCN1C(=O)C(=O)/C(=C(/O)c2ccc3c(c2)CC(C)O3)C1c1ccccc1. The van der Waals surface area contributed by atoms with Crippen molar-refractivity contribution in [2.45, 2.75) is 45.8 Å². The van der Waals surface area contributed by atoms with Crippen molar-refractivity contribution in [3.63, 3.8) is 0 Å². The van der Waals surface area contributed by atoms with Gasteiger partial charge in [0.25, 0.3) is 11.7 Å². The van der Waals surface area contributed by atoms with E-state index in [4.69, 9.17) is 4.74 Å². The van der Waals surface area contributed by atoms with Crippen LogP contribution in [-0.2, 0) is 16.0 Å². The summed E-state index contributed by atoms with van der Waals surface area (Å²) in [6, 6.07) is 14.3. The van der Waals surface area contributed by atoms with Gasteiger partial charge in [0.15, 0.2) is 0 Å². The van der Waals surface area contributed by atoms with Gasteiger partial charge in [-0.2, -0.15) is 0 Å². The van der Waals surface area contributed by atoms with Gasteiger partial charge in [-0.25, -0.2) is 0 Å². The van der Waals surface area contributed by atoms with Crippen molar-refractivity contribution in [1.82, 2.24) is 9.80 Å². The average Bonchev–Trinajstić information content (AvgIpc) is 3.32. The molecule has 2 aliphatic rings.